The standard InChI is InChI=1S/C29H22BrF2N3O4/c1-38-26-15-18(14-23(30)27(26)39-17-20-6-2-4-8-24(20)31)16-33-35-28(36)19-10-12-21(13-11-19)34-29(37)22-7-3-5-9-25(22)32/h2-16H,17H2,1H3,(H,34,37)(H,35,36). The summed E-state index contributed by atoms with van der Waals surface area (Å²) in [5.41, 5.74) is 4.05. The van der Waals surface area contributed by atoms with Crippen molar-refractivity contribution in [2.24, 2.45) is 5.10 Å². The molecule has 7 nitrogen and oxygen atoms in total. The maximum absolute atomic E-state index is 13.9. The monoisotopic (exact) mass is 593 g/mol. The molecule has 0 unspecified atom stereocenters. The zero-order valence-electron chi connectivity index (χ0n) is 20.6. The van der Waals surface area contributed by atoms with Crippen molar-refractivity contribution in [1.29, 1.82) is 0 Å². The average Bonchev–Trinajstić information content (AvgIpc) is 2.93. The largest absolute Gasteiger partial charge is 0.493 e. The highest BCUT2D eigenvalue weighted by atomic mass is 79.9. The van der Waals surface area contributed by atoms with Gasteiger partial charge in [-0.3, -0.25) is 9.59 Å². The van der Waals surface area contributed by atoms with E-state index in [1.54, 1.807) is 36.4 Å². The van der Waals surface area contributed by atoms with Gasteiger partial charge in [-0.25, -0.2) is 14.2 Å². The fourth-order valence-corrected chi connectivity index (χ4v) is 4.07. The fourth-order valence-electron chi connectivity index (χ4n) is 3.50. The minimum absolute atomic E-state index is 0.0107. The Morgan fingerprint density at radius 3 is 2.31 bits per heavy atom. The molecule has 0 aromatic heterocycles. The van der Waals surface area contributed by atoms with Crippen molar-refractivity contribution in [3.05, 3.63) is 123 Å². The number of hydrogen-bond acceptors (Lipinski definition) is 5. The van der Waals surface area contributed by atoms with Gasteiger partial charge in [-0.1, -0.05) is 30.3 Å². The average molecular weight is 594 g/mol. The Labute approximate surface area is 231 Å². The molecule has 0 aliphatic carbocycles. The number of benzene rings is 4. The lowest BCUT2D eigenvalue weighted by Gasteiger charge is -2.14. The Balaban J connectivity index is 1.36. The number of nitrogens with zero attached hydrogens (tertiary/aromatic N) is 1. The maximum Gasteiger partial charge on any atom is 0.271 e. The Morgan fingerprint density at radius 1 is 0.923 bits per heavy atom. The van der Waals surface area contributed by atoms with Crippen molar-refractivity contribution in [2.75, 3.05) is 12.4 Å². The third kappa shape index (κ3) is 7.05. The fraction of sp³-hybridized carbons (Fsp3) is 0.0690. The first-order chi connectivity index (χ1) is 18.9. The molecule has 4 rings (SSSR count). The van der Waals surface area contributed by atoms with E-state index in [2.05, 4.69) is 31.8 Å². The molecule has 39 heavy (non-hydrogen) atoms. The second-order valence-electron chi connectivity index (χ2n) is 8.12. The number of anilines is 1. The zero-order valence-corrected chi connectivity index (χ0v) is 22.2. The van der Waals surface area contributed by atoms with Crippen LogP contribution >= 0.6 is 15.9 Å². The van der Waals surface area contributed by atoms with Gasteiger partial charge in [-0.2, -0.15) is 5.10 Å². The van der Waals surface area contributed by atoms with Crippen molar-refractivity contribution >= 4 is 39.6 Å². The molecule has 0 aliphatic heterocycles. The molecular formula is C29H22BrF2N3O4. The molecule has 0 heterocycles. The van der Waals surface area contributed by atoms with Gasteiger partial charge in [0.2, 0.25) is 0 Å². The van der Waals surface area contributed by atoms with E-state index in [4.69, 9.17) is 9.47 Å². The third-order valence-corrected chi connectivity index (χ3v) is 6.07. The Hall–Kier alpha value is -4.57. The van der Waals surface area contributed by atoms with Crippen molar-refractivity contribution in [2.45, 2.75) is 6.61 Å². The van der Waals surface area contributed by atoms with Crippen molar-refractivity contribution in [1.82, 2.24) is 5.43 Å². The predicted molar refractivity (Wildman–Crippen MR) is 147 cm³/mol. The van der Waals surface area contributed by atoms with E-state index in [0.29, 0.717) is 38.3 Å². The quantitative estimate of drug-likeness (QED) is 0.175. The molecule has 0 spiro atoms. The molecule has 4 aromatic rings. The van der Waals surface area contributed by atoms with Crippen LogP contribution in [0.5, 0.6) is 11.5 Å². The van der Waals surface area contributed by atoms with Crippen LogP contribution in [0.1, 0.15) is 31.8 Å². The summed E-state index contributed by atoms with van der Waals surface area (Å²) in [5, 5.41) is 6.57. The highest BCUT2D eigenvalue weighted by molar-refractivity contribution is 9.10. The van der Waals surface area contributed by atoms with Gasteiger partial charge in [0.25, 0.3) is 11.8 Å². The van der Waals surface area contributed by atoms with E-state index in [1.807, 2.05) is 0 Å². The summed E-state index contributed by atoms with van der Waals surface area (Å²) in [5.74, 6) is -1.29. The number of carbonyl (C=O) groups excluding carboxylic acids is 2. The van der Waals surface area contributed by atoms with Crippen LogP contribution in [0.2, 0.25) is 0 Å². The van der Waals surface area contributed by atoms with Gasteiger partial charge in [0, 0.05) is 16.8 Å². The van der Waals surface area contributed by atoms with Gasteiger partial charge < -0.3 is 14.8 Å². The number of rotatable bonds is 9. The number of methoxy groups -OCH3 is 1. The topological polar surface area (TPSA) is 89.0 Å². The van der Waals surface area contributed by atoms with Crippen molar-refractivity contribution in [3.8, 4) is 11.5 Å². The third-order valence-electron chi connectivity index (χ3n) is 5.48. The van der Waals surface area contributed by atoms with Crippen LogP contribution in [-0.2, 0) is 6.61 Å². The molecule has 198 valence electrons. The van der Waals surface area contributed by atoms with Crippen LogP contribution in [-0.4, -0.2) is 25.1 Å². The SMILES string of the molecule is COc1cc(C=NNC(=O)c2ccc(NC(=O)c3ccccc3F)cc2)cc(Br)c1OCc1ccccc1F. The molecule has 0 saturated carbocycles. The molecule has 4 aromatic carbocycles. The number of amides is 2. The summed E-state index contributed by atoms with van der Waals surface area (Å²) in [7, 11) is 1.48. The summed E-state index contributed by atoms with van der Waals surface area (Å²) >= 11 is 3.43. The van der Waals surface area contributed by atoms with Crippen LogP contribution in [0.25, 0.3) is 0 Å². The van der Waals surface area contributed by atoms with E-state index in [9.17, 15) is 18.4 Å². The molecule has 2 amide bonds. The molecule has 10 heteroatoms. The summed E-state index contributed by atoms with van der Waals surface area (Å²) in [6, 6.07) is 21.4. The van der Waals surface area contributed by atoms with Crippen LogP contribution in [0, 0.1) is 11.6 Å². The molecule has 0 aliphatic rings. The lowest BCUT2D eigenvalue weighted by atomic mass is 10.1. The molecule has 0 bridgehead atoms. The summed E-state index contributed by atoms with van der Waals surface area (Å²) in [6.45, 7) is 0.0107. The van der Waals surface area contributed by atoms with Crippen LogP contribution < -0.4 is 20.2 Å². The summed E-state index contributed by atoms with van der Waals surface area (Å²) < 4.78 is 39.4. The summed E-state index contributed by atoms with van der Waals surface area (Å²) in [4.78, 5) is 24.7. The minimum Gasteiger partial charge on any atom is -0.493 e. The molecule has 0 atom stereocenters. The number of carbonyl (C=O) groups is 2. The van der Waals surface area contributed by atoms with E-state index in [-0.39, 0.29) is 18.0 Å². The Bertz CT molecular complexity index is 1530. The second kappa shape index (κ2) is 12.8. The van der Waals surface area contributed by atoms with Gasteiger partial charge in [0.1, 0.15) is 18.2 Å². The molecule has 0 radical (unpaired) electrons. The van der Waals surface area contributed by atoms with E-state index in [0.717, 1.165) is 0 Å². The first kappa shape index (κ1) is 27.5. The number of hydrogen-bond donors (Lipinski definition) is 2. The molecular weight excluding hydrogens is 572 g/mol. The Kier molecular flexibility index (Phi) is 9.01. The zero-order chi connectivity index (χ0) is 27.8. The summed E-state index contributed by atoms with van der Waals surface area (Å²) in [6.07, 6.45) is 1.43. The van der Waals surface area contributed by atoms with Gasteiger partial charge in [-0.15, -0.1) is 0 Å². The second-order valence-corrected chi connectivity index (χ2v) is 8.98. The lowest BCUT2D eigenvalue weighted by Crippen LogP contribution is -2.18. The van der Waals surface area contributed by atoms with E-state index >= 15 is 0 Å². The first-order valence-electron chi connectivity index (χ1n) is 11.6. The maximum atomic E-state index is 13.9. The minimum atomic E-state index is -0.627. The van der Waals surface area contributed by atoms with Gasteiger partial charge in [-0.05, 0) is 76.1 Å². The van der Waals surface area contributed by atoms with E-state index < -0.39 is 17.6 Å². The highest BCUT2D eigenvalue weighted by Gasteiger charge is 2.14. The van der Waals surface area contributed by atoms with Gasteiger partial charge in [0.15, 0.2) is 11.5 Å². The number of nitrogens with one attached hydrogen (secondary N) is 2. The first-order valence-corrected chi connectivity index (χ1v) is 12.4. The number of halogens is 3. The van der Waals surface area contributed by atoms with Crippen molar-refractivity contribution < 1.29 is 27.8 Å². The predicted octanol–water partition coefficient (Wildman–Crippen LogP) is 6.33. The smallest absolute Gasteiger partial charge is 0.271 e. The van der Waals surface area contributed by atoms with E-state index in [1.165, 1.54) is 61.9 Å². The van der Waals surface area contributed by atoms with Gasteiger partial charge in [0.05, 0.1) is 23.4 Å². The number of hydrazone groups is 1. The normalized spacial score (nSPS) is 10.8. The van der Waals surface area contributed by atoms with Gasteiger partial charge >= 0.3 is 0 Å². The van der Waals surface area contributed by atoms with Crippen molar-refractivity contribution in [3.63, 3.8) is 0 Å². The van der Waals surface area contributed by atoms with Crippen LogP contribution in [0.15, 0.2) is 94.5 Å². The van der Waals surface area contributed by atoms with Crippen LogP contribution in [0.4, 0.5) is 14.5 Å². The highest BCUT2D eigenvalue weighted by Crippen LogP contribution is 2.37. The molecule has 2 N–H and O–H groups in total. The Morgan fingerprint density at radius 2 is 1.62 bits per heavy atom. The number of ether oxygens (including phenoxy) is 2. The molecule has 0 saturated heterocycles. The molecule has 0 fully saturated rings. The van der Waals surface area contributed by atoms with Crippen LogP contribution in [0.3, 0.4) is 0 Å². The lowest BCUT2D eigenvalue weighted by molar-refractivity contribution is 0.0954.